The summed E-state index contributed by atoms with van der Waals surface area (Å²) in [5, 5.41) is 9.97. The number of phenols is 1. The maximum absolute atomic E-state index is 12.4. The fourth-order valence-corrected chi connectivity index (χ4v) is 2.41. The van der Waals surface area contributed by atoms with Crippen molar-refractivity contribution < 1.29 is 19.5 Å². The van der Waals surface area contributed by atoms with E-state index in [2.05, 4.69) is 0 Å². The summed E-state index contributed by atoms with van der Waals surface area (Å²) in [4.78, 5) is 36.2. The van der Waals surface area contributed by atoms with Gasteiger partial charge < -0.3 is 5.11 Å². The van der Waals surface area contributed by atoms with Gasteiger partial charge in [-0.25, -0.2) is 0 Å². The number of benzene rings is 2. The summed E-state index contributed by atoms with van der Waals surface area (Å²) >= 11 is 0. The maximum Gasteiger partial charge on any atom is 0.198 e. The lowest BCUT2D eigenvalue weighted by Crippen LogP contribution is -2.21. The first kappa shape index (κ1) is 12.3. The van der Waals surface area contributed by atoms with E-state index in [0.29, 0.717) is 5.56 Å². The van der Waals surface area contributed by atoms with Gasteiger partial charge in [-0.1, -0.05) is 24.3 Å². The monoisotopic (exact) mass is 266 g/mol. The van der Waals surface area contributed by atoms with Crippen LogP contribution in [0.4, 0.5) is 0 Å². The maximum atomic E-state index is 12.4. The molecule has 0 unspecified atom stereocenters. The Morgan fingerprint density at radius 3 is 2.15 bits per heavy atom. The minimum atomic E-state index is -0.400. The van der Waals surface area contributed by atoms with Crippen molar-refractivity contribution in [2.24, 2.45) is 0 Å². The van der Waals surface area contributed by atoms with E-state index in [4.69, 9.17) is 0 Å². The van der Waals surface area contributed by atoms with Crippen LogP contribution in [0.5, 0.6) is 5.75 Å². The predicted octanol–water partition coefficient (Wildman–Crippen LogP) is 2.37. The molecule has 0 heterocycles. The van der Waals surface area contributed by atoms with Crippen LogP contribution in [0.15, 0.2) is 36.4 Å². The van der Waals surface area contributed by atoms with Crippen molar-refractivity contribution in [2.75, 3.05) is 0 Å². The summed E-state index contributed by atoms with van der Waals surface area (Å²) < 4.78 is 0. The van der Waals surface area contributed by atoms with Gasteiger partial charge in [0.15, 0.2) is 17.3 Å². The first-order chi connectivity index (χ1) is 9.50. The van der Waals surface area contributed by atoms with Crippen LogP contribution in [0.25, 0.3) is 0 Å². The molecule has 0 atom stereocenters. The summed E-state index contributed by atoms with van der Waals surface area (Å²) in [6, 6.07) is 9.04. The smallest absolute Gasteiger partial charge is 0.198 e. The van der Waals surface area contributed by atoms with Gasteiger partial charge in [0.2, 0.25) is 0 Å². The van der Waals surface area contributed by atoms with Crippen LogP contribution in [0.1, 0.15) is 49.1 Å². The number of rotatable bonds is 1. The highest BCUT2D eigenvalue weighted by Gasteiger charge is 2.32. The molecule has 2 aromatic carbocycles. The molecule has 20 heavy (non-hydrogen) atoms. The van der Waals surface area contributed by atoms with E-state index in [0.717, 1.165) is 0 Å². The van der Waals surface area contributed by atoms with Gasteiger partial charge in [-0.3, -0.25) is 14.4 Å². The zero-order valence-electron chi connectivity index (χ0n) is 10.6. The van der Waals surface area contributed by atoms with Gasteiger partial charge in [0.05, 0.1) is 5.56 Å². The van der Waals surface area contributed by atoms with Gasteiger partial charge >= 0.3 is 0 Å². The molecule has 1 N–H and O–H groups in total. The quantitative estimate of drug-likeness (QED) is 0.686. The second kappa shape index (κ2) is 4.13. The van der Waals surface area contributed by atoms with E-state index >= 15 is 0 Å². The number of carbonyl (C=O) groups is 3. The Morgan fingerprint density at radius 2 is 1.55 bits per heavy atom. The van der Waals surface area contributed by atoms with Crippen LogP contribution in [0.3, 0.4) is 0 Å². The fraction of sp³-hybridized carbons (Fsp3) is 0.0625. The number of Topliss-reactive ketones (excluding diaryl/α,β-unsaturated/α-hetero) is 1. The third-order valence-electron chi connectivity index (χ3n) is 3.41. The van der Waals surface area contributed by atoms with Crippen molar-refractivity contribution in [3.05, 3.63) is 64.2 Å². The molecular weight excluding hydrogens is 256 g/mol. The average Bonchev–Trinajstić information content (AvgIpc) is 2.44. The first-order valence-electron chi connectivity index (χ1n) is 6.07. The number of phenolic OH excluding ortho intramolecular Hbond substituents is 1. The van der Waals surface area contributed by atoms with E-state index in [1.807, 2.05) is 0 Å². The number of ketones is 3. The zero-order chi connectivity index (χ0) is 14.4. The molecule has 0 aliphatic heterocycles. The predicted molar refractivity (Wildman–Crippen MR) is 71.4 cm³/mol. The summed E-state index contributed by atoms with van der Waals surface area (Å²) in [5.41, 5.74) is 0.834. The Morgan fingerprint density at radius 1 is 0.950 bits per heavy atom. The normalized spacial score (nSPS) is 12.8. The van der Waals surface area contributed by atoms with E-state index in [-0.39, 0.29) is 39.6 Å². The van der Waals surface area contributed by atoms with Crippen molar-refractivity contribution >= 4 is 17.3 Å². The minimum Gasteiger partial charge on any atom is -0.507 e. The molecule has 0 radical (unpaired) electrons. The number of fused-ring (bicyclic) bond motifs is 2. The van der Waals surface area contributed by atoms with Crippen LogP contribution in [0.2, 0.25) is 0 Å². The van der Waals surface area contributed by atoms with E-state index in [1.165, 1.54) is 19.1 Å². The number of aromatic hydroxyl groups is 1. The van der Waals surface area contributed by atoms with Gasteiger partial charge in [0, 0.05) is 22.3 Å². The van der Waals surface area contributed by atoms with E-state index in [1.54, 1.807) is 24.3 Å². The number of hydrogen-bond acceptors (Lipinski definition) is 4. The molecule has 98 valence electrons. The molecule has 4 heteroatoms. The molecule has 3 rings (SSSR count). The van der Waals surface area contributed by atoms with Gasteiger partial charge in [-0.15, -0.1) is 0 Å². The van der Waals surface area contributed by atoms with Gasteiger partial charge in [-0.05, 0) is 19.1 Å². The molecule has 0 bridgehead atoms. The Kier molecular flexibility index (Phi) is 2.54. The molecule has 0 amide bonds. The highest BCUT2D eigenvalue weighted by atomic mass is 16.3. The summed E-state index contributed by atoms with van der Waals surface area (Å²) in [5.74, 6) is -1.36. The lowest BCUT2D eigenvalue weighted by molar-refractivity contribution is 0.0975. The van der Waals surface area contributed by atoms with Crippen LogP contribution in [-0.2, 0) is 0 Å². The van der Waals surface area contributed by atoms with Crippen LogP contribution < -0.4 is 0 Å². The largest absolute Gasteiger partial charge is 0.507 e. The van der Waals surface area contributed by atoms with Crippen LogP contribution >= 0.6 is 0 Å². The van der Waals surface area contributed by atoms with Gasteiger partial charge in [0.25, 0.3) is 0 Å². The highest BCUT2D eigenvalue weighted by molar-refractivity contribution is 6.29. The molecular formula is C16H10O4. The lowest BCUT2D eigenvalue weighted by Gasteiger charge is -2.18. The molecule has 0 fully saturated rings. The molecule has 2 aromatic rings. The highest BCUT2D eigenvalue weighted by Crippen LogP contribution is 2.33. The molecule has 1 aliphatic rings. The van der Waals surface area contributed by atoms with Crippen molar-refractivity contribution in [1.29, 1.82) is 0 Å². The molecule has 1 aliphatic carbocycles. The van der Waals surface area contributed by atoms with Gasteiger partial charge in [0.1, 0.15) is 5.75 Å². The van der Waals surface area contributed by atoms with Gasteiger partial charge in [-0.2, -0.15) is 0 Å². The summed E-state index contributed by atoms with van der Waals surface area (Å²) in [7, 11) is 0. The Labute approximate surface area is 114 Å². The van der Waals surface area contributed by atoms with E-state index < -0.39 is 5.78 Å². The SMILES string of the molecule is CC(=O)c1cc(O)c2c(c1)C(=O)c1ccccc1C2=O. The average molecular weight is 266 g/mol. The Bertz CT molecular complexity index is 787. The van der Waals surface area contributed by atoms with Crippen LogP contribution in [-0.4, -0.2) is 22.5 Å². The van der Waals surface area contributed by atoms with Crippen molar-refractivity contribution in [2.45, 2.75) is 6.92 Å². The van der Waals surface area contributed by atoms with E-state index in [9.17, 15) is 19.5 Å². The van der Waals surface area contributed by atoms with Crippen molar-refractivity contribution in [1.82, 2.24) is 0 Å². The first-order valence-corrected chi connectivity index (χ1v) is 6.07. The third kappa shape index (κ3) is 1.58. The summed E-state index contributed by atoms with van der Waals surface area (Å²) in [6.07, 6.45) is 0. The fourth-order valence-electron chi connectivity index (χ4n) is 2.41. The summed E-state index contributed by atoms with van der Waals surface area (Å²) in [6.45, 7) is 1.34. The van der Waals surface area contributed by atoms with Crippen molar-refractivity contribution in [3.8, 4) is 5.75 Å². The topological polar surface area (TPSA) is 71.4 Å². The second-order valence-corrected chi connectivity index (χ2v) is 4.68. The Hall–Kier alpha value is -2.75. The molecule has 0 saturated heterocycles. The number of hydrogen-bond donors (Lipinski definition) is 1. The standard InChI is InChI=1S/C16H10O4/c1-8(17)9-6-12-14(13(18)7-9)16(20)11-5-3-2-4-10(11)15(12)19/h2-7,18H,1H3. The molecule has 0 aromatic heterocycles. The van der Waals surface area contributed by atoms with Crippen molar-refractivity contribution in [3.63, 3.8) is 0 Å². The Balaban J connectivity index is 2.33. The number of carbonyl (C=O) groups excluding carboxylic acids is 3. The van der Waals surface area contributed by atoms with Crippen LogP contribution in [0, 0.1) is 0 Å². The second-order valence-electron chi connectivity index (χ2n) is 4.68. The molecule has 0 spiro atoms. The zero-order valence-corrected chi connectivity index (χ0v) is 10.6. The minimum absolute atomic E-state index is 0.0290. The third-order valence-corrected chi connectivity index (χ3v) is 3.41. The lowest BCUT2D eigenvalue weighted by atomic mass is 9.82. The molecule has 0 saturated carbocycles. The molecule has 4 nitrogen and oxygen atoms in total.